The van der Waals surface area contributed by atoms with E-state index >= 15 is 0 Å². The lowest BCUT2D eigenvalue weighted by Crippen LogP contribution is -2.37. The fraction of sp³-hybridized carbons (Fsp3) is 0.762. The molecule has 10 heteroatoms. The van der Waals surface area contributed by atoms with Gasteiger partial charge in [0, 0.05) is 51.9 Å². The van der Waals surface area contributed by atoms with Gasteiger partial charge in [0.05, 0.1) is 26.1 Å². The van der Waals surface area contributed by atoms with E-state index in [2.05, 4.69) is 149 Å². The van der Waals surface area contributed by atoms with Crippen LogP contribution >= 0.6 is 0 Å². The van der Waals surface area contributed by atoms with E-state index in [-0.39, 0.29) is 36.1 Å². The maximum atomic E-state index is 12.8. The Kier molecular flexibility index (Phi) is 71.1. The molecule has 0 amide bonds. The molecule has 0 aliphatic heterocycles. The highest BCUT2D eigenvalue weighted by Crippen LogP contribution is 2.19. The molecule has 0 rings (SSSR count). The van der Waals surface area contributed by atoms with Crippen LogP contribution in [0.25, 0.3) is 0 Å². The van der Waals surface area contributed by atoms with E-state index in [4.69, 9.17) is 18.9 Å². The predicted molar refractivity (Wildman–Crippen MR) is 403 cm³/mol. The molecule has 0 spiro atoms. The first-order valence-electron chi connectivity index (χ1n) is 39.6. The van der Waals surface area contributed by atoms with Crippen molar-refractivity contribution < 1.29 is 38.1 Å². The Morgan fingerprint density at radius 3 is 0.957 bits per heavy atom. The summed E-state index contributed by atoms with van der Waals surface area (Å²) in [6.07, 6.45) is 85.7. The molecule has 10 nitrogen and oxygen atoms in total. The monoisotopic (exact) mass is 1310 g/mol. The summed E-state index contributed by atoms with van der Waals surface area (Å²) in [6.45, 7) is 18.8. The second kappa shape index (κ2) is 74.5. The lowest BCUT2D eigenvalue weighted by Gasteiger charge is -2.25. The van der Waals surface area contributed by atoms with E-state index < -0.39 is 0 Å². The number of carbonyl (C=O) groups is 4. The van der Waals surface area contributed by atoms with Crippen LogP contribution in [-0.4, -0.2) is 98.4 Å². The molecule has 0 N–H and O–H groups in total. The van der Waals surface area contributed by atoms with Crippen molar-refractivity contribution in [2.75, 3.05) is 52.5 Å². The van der Waals surface area contributed by atoms with Crippen LogP contribution in [-0.2, 0) is 38.1 Å². The molecular formula is C84H148N2O8. The number of likely N-dealkylation sites (N-methyl/N-ethyl adjacent to an activating group) is 1. The molecule has 2 unspecified atom stereocenters. The zero-order chi connectivity index (χ0) is 68.4. The number of rotatable bonds is 71. The number of ether oxygens (including phenoxy) is 4. The van der Waals surface area contributed by atoms with Crippen molar-refractivity contribution in [3.63, 3.8) is 0 Å². The normalized spacial score (nSPS) is 13.0. The van der Waals surface area contributed by atoms with Gasteiger partial charge >= 0.3 is 23.9 Å². The second-order valence-electron chi connectivity index (χ2n) is 26.2. The van der Waals surface area contributed by atoms with Gasteiger partial charge in [-0.3, -0.25) is 19.2 Å². The number of unbranched alkanes of at least 4 members (excludes halogenated alkanes) is 28. The molecule has 0 radical (unpaired) electrons. The molecule has 0 fully saturated rings. The van der Waals surface area contributed by atoms with Gasteiger partial charge < -0.3 is 28.7 Å². The number of carbonyl (C=O) groups excluding carboxylic acids is 4. The summed E-state index contributed by atoms with van der Waals surface area (Å²) in [4.78, 5) is 55.8. The summed E-state index contributed by atoms with van der Waals surface area (Å²) in [5.74, 6) is -0.391. The van der Waals surface area contributed by atoms with Crippen LogP contribution in [0.1, 0.15) is 350 Å². The summed E-state index contributed by atoms with van der Waals surface area (Å²) in [5.41, 5.74) is 0. The van der Waals surface area contributed by atoms with Gasteiger partial charge in [-0.1, -0.05) is 267 Å². The van der Waals surface area contributed by atoms with E-state index in [1.54, 1.807) is 0 Å². The summed E-state index contributed by atoms with van der Waals surface area (Å²) >= 11 is 0. The van der Waals surface area contributed by atoms with Crippen molar-refractivity contribution in [1.82, 2.24) is 9.80 Å². The Balaban J connectivity index is 4.35. The summed E-state index contributed by atoms with van der Waals surface area (Å²) in [6, 6.07) is 0. The molecule has 542 valence electrons. The third kappa shape index (κ3) is 67.7. The first-order valence-corrected chi connectivity index (χ1v) is 39.6. The number of nitrogens with zero attached hydrogens (tertiary/aromatic N) is 2. The van der Waals surface area contributed by atoms with Gasteiger partial charge in [0.15, 0.2) is 0 Å². The fourth-order valence-electron chi connectivity index (χ4n) is 11.4. The molecule has 0 bridgehead atoms. The Morgan fingerprint density at radius 2 is 0.596 bits per heavy atom. The van der Waals surface area contributed by atoms with Crippen LogP contribution in [0.5, 0.6) is 0 Å². The largest absolute Gasteiger partial charge is 0.466 e. The molecule has 0 aliphatic rings. The van der Waals surface area contributed by atoms with Gasteiger partial charge in [-0.25, -0.2) is 0 Å². The molecule has 0 aromatic rings. The van der Waals surface area contributed by atoms with Crippen molar-refractivity contribution in [2.45, 2.75) is 362 Å². The molecular weight excluding hydrogens is 1160 g/mol. The number of hydrogen-bond donors (Lipinski definition) is 0. The van der Waals surface area contributed by atoms with E-state index in [0.29, 0.717) is 52.0 Å². The lowest BCUT2D eigenvalue weighted by molar-refractivity contribution is -0.150. The summed E-state index contributed by atoms with van der Waals surface area (Å²) in [7, 11) is 0. The Labute approximate surface area is 580 Å². The van der Waals surface area contributed by atoms with Crippen LogP contribution in [0.3, 0.4) is 0 Å². The highest BCUT2D eigenvalue weighted by atomic mass is 16.6. The van der Waals surface area contributed by atoms with Crippen molar-refractivity contribution in [3.05, 3.63) is 97.2 Å². The summed E-state index contributed by atoms with van der Waals surface area (Å²) in [5, 5.41) is 0. The summed E-state index contributed by atoms with van der Waals surface area (Å²) < 4.78 is 23.4. The third-order valence-corrected chi connectivity index (χ3v) is 17.5. The molecule has 0 aromatic carbocycles. The van der Waals surface area contributed by atoms with E-state index in [9.17, 15) is 19.2 Å². The van der Waals surface area contributed by atoms with Crippen molar-refractivity contribution in [1.29, 1.82) is 0 Å². The van der Waals surface area contributed by atoms with Gasteiger partial charge in [-0.15, -0.1) is 0 Å². The lowest BCUT2D eigenvalue weighted by atomic mass is 10.1. The number of esters is 4. The second-order valence-corrected chi connectivity index (χ2v) is 26.2. The van der Waals surface area contributed by atoms with Crippen LogP contribution < -0.4 is 0 Å². The average Bonchev–Trinajstić information content (AvgIpc) is 3.78. The Morgan fingerprint density at radius 1 is 0.287 bits per heavy atom. The van der Waals surface area contributed by atoms with Gasteiger partial charge in [-0.05, 0) is 154 Å². The Hall–Kier alpha value is -4.28. The maximum Gasteiger partial charge on any atom is 0.307 e. The number of hydrogen-bond acceptors (Lipinski definition) is 10. The van der Waals surface area contributed by atoms with Gasteiger partial charge in [0.2, 0.25) is 0 Å². The zero-order valence-corrected chi connectivity index (χ0v) is 62.2. The molecule has 0 aliphatic carbocycles. The molecule has 0 saturated heterocycles. The molecule has 0 aromatic heterocycles. The highest BCUT2D eigenvalue weighted by Gasteiger charge is 2.16. The quantitative estimate of drug-likeness (QED) is 0.0253. The van der Waals surface area contributed by atoms with Gasteiger partial charge in [0.25, 0.3) is 0 Å². The van der Waals surface area contributed by atoms with Crippen molar-refractivity contribution >= 4 is 23.9 Å². The van der Waals surface area contributed by atoms with Crippen molar-refractivity contribution in [2.24, 2.45) is 0 Å². The van der Waals surface area contributed by atoms with Gasteiger partial charge in [0.1, 0.15) is 12.2 Å². The first-order chi connectivity index (χ1) is 46.2. The van der Waals surface area contributed by atoms with E-state index in [1.165, 1.54) is 103 Å². The minimum absolute atomic E-state index is 0.0156. The van der Waals surface area contributed by atoms with Gasteiger partial charge in [-0.2, -0.15) is 0 Å². The molecule has 94 heavy (non-hydrogen) atoms. The minimum atomic E-state index is -0.166. The fourth-order valence-corrected chi connectivity index (χ4v) is 11.4. The van der Waals surface area contributed by atoms with E-state index in [0.717, 1.165) is 206 Å². The predicted octanol–water partition coefficient (Wildman–Crippen LogP) is 23.8. The van der Waals surface area contributed by atoms with E-state index in [1.807, 2.05) is 0 Å². The average molecular weight is 1310 g/mol. The number of allylic oxidation sites excluding steroid dienone is 14. The van der Waals surface area contributed by atoms with Crippen LogP contribution in [0.2, 0.25) is 0 Å². The third-order valence-electron chi connectivity index (χ3n) is 17.5. The van der Waals surface area contributed by atoms with Crippen LogP contribution in [0, 0.1) is 0 Å². The first kappa shape index (κ1) is 89.7. The Bertz CT molecular complexity index is 1800. The minimum Gasteiger partial charge on any atom is -0.466 e. The zero-order valence-electron chi connectivity index (χ0n) is 62.2. The maximum absolute atomic E-state index is 12.8. The smallest absolute Gasteiger partial charge is 0.307 e. The van der Waals surface area contributed by atoms with Crippen LogP contribution in [0.4, 0.5) is 0 Å². The standard InChI is InChI=1S/C84H148N2O8/c1-7-13-17-21-23-25-27-29-31-33-35-41-47-53-61-69-83(89)93-79(65-57-19-15-9-3)67-59-51-45-39-37-43-49-55-63-77-91-81(87)71-73-86(76-75-85(11-5)12-6)74-72-82(88)92-78-64-56-50-44-38-40-46-52-60-68-80(66-58-20-16-10-4)94-84(90)70-62-54-48-42-36-34-32-30-28-26-24-22-18-14-8-2/h13-14,17-18,23-26,29-32,51-52,59-60,79-80H,7-12,15-16,19-22,27-28,33-50,53-58,61-78H2,1-6H3/b17-13-,18-14-,25-23-,26-24-,31-29-,32-30-,59-51-,60-52-. The molecule has 0 heterocycles. The molecule has 0 saturated carbocycles. The highest BCUT2D eigenvalue weighted by molar-refractivity contribution is 5.70. The SMILES string of the molecule is CC/C=C\C/C=C\C/C=C\CCCCCCCC(=O)OC(C/C=C\CCCCCCCCOC(=O)CCN(CCC(=O)OCCCCCCCC/C=C\CC(CCCCCC)OC(=O)CCCCCCC/C=C\C/C=C\C/C=C\CC)CCN(CC)CC)CCCCCC. The topological polar surface area (TPSA) is 112 Å². The van der Waals surface area contributed by atoms with Crippen molar-refractivity contribution in [3.8, 4) is 0 Å². The van der Waals surface area contributed by atoms with Crippen LogP contribution in [0.15, 0.2) is 97.2 Å². The molecule has 2 atom stereocenters.